The van der Waals surface area contributed by atoms with Gasteiger partial charge in [0.25, 0.3) is 0 Å². The summed E-state index contributed by atoms with van der Waals surface area (Å²) in [5.74, 6) is 2.61. The normalized spacial score (nSPS) is 31.3. The number of hydrogen-bond acceptors (Lipinski definition) is 2. The number of hydrogen-bond donors (Lipinski definition) is 1. The summed E-state index contributed by atoms with van der Waals surface area (Å²) in [4.78, 5) is 4.73. The standard InChI is InChI=1S/C7H12N3OS/c8-7-5-10(9-11-7)6-1-3-12-4-2-6/h5-6,8,10H,1-4H2/q-1. The monoisotopic (exact) mass is 186 g/mol. The van der Waals surface area contributed by atoms with Gasteiger partial charge in [0, 0.05) is 18.7 Å². The van der Waals surface area contributed by atoms with E-state index in [-0.39, 0.29) is 5.88 Å². The summed E-state index contributed by atoms with van der Waals surface area (Å²) < 4.78 is 0. The first-order chi connectivity index (χ1) is 5.86. The molecule has 0 aromatic rings. The molecular weight excluding hydrogens is 174 g/mol. The second-order valence-electron chi connectivity index (χ2n) is 3.00. The van der Waals surface area contributed by atoms with E-state index in [4.69, 9.17) is 10.6 Å². The van der Waals surface area contributed by atoms with Gasteiger partial charge in [-0.15, -0.1) is 0 Å². The summed E-state index contributed by atoms with van der Waals surface area (Å²) in [6, 6.07) is 0.536. The van der Waals surface area contributed by atoms with Crippen molar-refractivity contribution in [1.29, 1.82) is 0 Å². The number of quaternary nitrogens is 1. The van der Waals surface area contributed by atoms with E-state index in [1.54, 1.807) is 6.20 Å². The predicted octanol–water partition coefficient (Wildman–Crippen LogP) is 0.852. The maximum Gasteiger partial charge on any atom is 0.105 e. The molecule has 5 heteroatoms. The van der Waals surface area contributed by atoms with E-state index in [9.17, 15) is 0 Å². The Balaban J connectivity index is 1.91. The van der Waals surface area contributed by atoms with Gasteiger partial charge in [-0.05, 0) is 11.5 Å². The number of thioether (sulfide) groups is 1. The van der Waals surface area contributed by atoms with Crippen molar-refractivity contribution in [2.75, 3.05) is 11.5 Å². The number of nitrogens with zero attached hydrogens (tertiary/aromatic N) is 1. The van der Waals surface area contributed by atoms with Gasteiger partial charge in [0.1, 0.15) is 6.20 Å². The SMILES string of the molecule is [NH-]C1=C[NH+](C2CCSCC2)[N-]O1. The minimum absolute atomic E-state index is 0.184. The van der Waals surface area contributed by atoms with Gasteiger partial charge in [0.2, 0.25) is 0 Å². The lowest BCUT2D eigenvalue weighted by Gasteiger charge is -2.31. The van der Waals surface area contributed by atoms with Crippen LogP contribution in [-0.4, -0.2) is 17.5 Å². The molecule has 0 aliphatic carbocycles. The minimum atomic E-state index is 0.184. The average molecular weight is 186 g/mol. The van der Waals surface area contributed by atoms with Gasteiger partial charge < -0.3 is 15.6 Å². The molecule has 2 heterocycles. The Bertz CT molecular complexity index is 191. The van der Waals surface area contributed by atoms with E-state index in [0.717, 1.165) is 5.01 Å². The van der Waals surface area contributed by atoms with Crippen molar-refractivity contribution in [3.63, 3.8) is 0 Å². The van der Waals surface area contributed by atoms with E-state index < -0.39 is 0 Å². The van der Waals surface area contributed by atoms with E-state index >= 15 is 0 Å². The van der Waals surface area contributed by atoms with Crippen molar-refractivity contribution in [2.45, 2.75) is 18.9 Å². The summed E-state index contributed by atoms with van der Waals surface area (Å²) in [6.07, 6.45) is 4.09. The highest BCUT2D eigenvalue weighted by Crippen LogP contribution is 2.17. The molecule has 0 bridgehead atoms. The molecular formula is C7H12N3OS-. The van der Waals surface area contributed by atoms with Gasteiger partial charge in [-0.2, -0.15) is 11.8 Å². The molecule has 1 saturated heterocycles. The second kappa shape index (κ2) is 3.55. The van der Waals surface area contributed by atoms with E-state index in [1.807, 2.05) is 11.8 Å². The lowest BCUT2D eigenvalue weighted by Crippen LogP contribution is -3.06. The van der Waals surface area contributed by atoms with Crippen LogP contribution in [0.5, 0.6) is 0 Å². The summed E-state index contributed by atoms with van der Waals surface area (Å²) >= 11 is 1.99. The lowest BCUT2D eigenvalue weighted by atomic mass is 10.1. The first-order valence-corrected chi connectivity index (χ1v) is 5.27. The average Bonchev–Trinajstić information content (AvgIpc) is 2.54. The molecule has 2 N–H and O–H groups in total. The van der Waals surface area contributed by atoms with Crippen LogP contribution in [0.2, 0.25) is 0 Å². The molecule has 2 aliphatic heterocycles. The van der Waals surface area contributed by atoms with Crippen LogP contribution in [0.25, 0.3) is 11.3 Å². The summed E-state index contributed by atoms with van der Waals surface area (Å²) in [7, 11) is 0. The van der Waals surface area contributed by atoms with E-state index in [0.29, 0.717) is 6.04 Å². The van der Waals surface area contributed by atoms with Crippen molar-refractivity contribution in [3.05, 3.63) is 23.4 Å². The minimum Gasteiger partial charge on any atom is -0.665 e. The topological polar surface area (TPSA) is 51.6 Å². The second-order valence-corrected chi connectivity index (χ2v) is 4.23. The molecule has 0 aromatic carbocycles. The Morgan fingerprint density at radius 1 is 1.58 bits per heavy atom. The fourth-order valence-corrected chi connectivity index (χ4v) is 2.58. The Morgan fingerprint density at radius 2 is 2.33 bits per heavy atom. The molecule has 0 spiro atoms. The Labute approximate surface area is 76.0 Å². The fraction of sp³-hybridized carbons (Fsp3) is 0.714. The molecule has 0 saturated carbocycles. The third-order valence-corrected chi connectivity index (χ3v) is 3.22. The molecule has 1 fully saturated rings. The lowest BCUT2D eigenvalue weighted by molar-refractivity contribution is -0.843. The summed E-state index contributed by atoms with van der Waals surface area (Å²) in [5.41, 5.74) is 11.1. The van der Waals surface area contributed by atoms with E-state index in [1.165, 1.54) is 24.3 Å². The van der Waals surface area contributed by atoms with Crippen LogP contribution in [-0.2, 0) is 4.84 Å². The van der Waals surface area contributed by atoms with Crippen molar-refractivity contribution in [2.24, 2.45) is 0 Å². The van der Waals surface area contributed by atoms with Crippen LogP contribution in [0.15, 0.2) is 12.1 Å². The number of nitrogens with one attached hydrogen (secondary N) is 2. The van der Waals surface area contributed by atoms with Crippen LogP contribution in [0.1, 0.15) is 12.8 Å². The molecule has 1 unspecified atom stereocenters. The van der Waals surface area contributed by atoms with Crippen LogP contribution >= 0.6 is 11.8 Å². The van der Waals surface area contributed by atoms with Crippen LogP contribution in [0, 0.1) is 0 Å². The zero-order valence-corrected chi connectivity index (χ0v) is 7.56. The molecule has 68 valence electrons. The van der Waals surface area contributed by atoms with E-state index in [2.05, 4.69) is 5.59 Å². The van der Waals surface area contributed by atoms with Gasteiger partial charge in [-0.3, -0.25) is 5.59 Å². The van der Waals surface area contributed by atoms with Crippen molar-refractivity contribution in [1.82, 2.24) is 0 Å². The van der Waals surface area contributed by atoms with Gasteiger partial charge in [-0.1, -0.05) is 0 Å². The summed E-state index contributed by atoms with van der Waals surface area (Å²) in [5, 5.41) is 0.973. The van der Waals surface area contributed by atoms with Crippen molar-refractivity contribution < 1.29 is 9.85 Å². The largest absolute Gasteiger partial charge is 0.665 e. The molecule has 12 heavy (non-hydrogen) atoms. The van der Waals surface area contributed by atoms with Crippen LogP contribution < -0.4 is 5.01 Å². The third kappa shape index (κ3) is 1.68. The van der Waals surface area contributed by atoms with Gasteiger partial charge in [0.05, 0.1) is 6.04 Å². The highest BCUT2D eigenvalue weighted by molar-refractivity contribution is 7.99. The van der Waals surface area contributed by atoms with Crippen molar-refractivity contribution in [3.8, 4) is 0 Å². The highest BCUT2D eigenvalue weighted by atomic mass is 32.2. The molecule has 2 rings (SSSR count). The maximum atomic E-state index is 7.20. The molecule has 4 nitrogen and oxygen atoms in total. The Hall–Kier alpha value is -0.390. The first kappa shape index (κ1) is 8.22. The molecule has 0 amide bonds. The van der Waals surface area contributed by atoms with Crippen LogP contribution in [0.4, 0.5) is 0 Å². The smallest absolute Gasteiger partial charge is 0.105 e. The molecule has 0 radical (unpaired) electrons. The Kier molecular flexibility index (Phi) is 2.43. The zero-order valence-electron chi connectivity index (χ0n) is 6.75. The van der Waals surface area contributed by atoms with Gasteiger partial charge in [-0.25, -0.2) is 0 Å². The predicted molar refractivity (Wildman–Crippen MR) is 48.2 cm³/mol. The van der Waals surface area contributed by atoms with Gasteiger partial charge >= 0.3 is 0 Å². The molecule has 2 aliphatic rings. The molecule has 0 aromatic heterocycles. The first-order valence-electron chi connectivity index (χ1n) is 4.12. The highest BCUT2D eigenvalue weighted by Gasteiger charge is 2.21. The van der Waals surface area contributed by atoms with Gasteiger partial charge in [0.15, 0.2) is 0 Å². The van der Waals surface area contributed by atoms with Crippen molar-refractivity contribution >= 4 is 11.8 Å². The van der Waals surface area contributed by atoms with Crippen LogP contribution in [0.3, 0.4) is 0 Å². The quantitative estimate of drug-likeness (QED) is 0.660. The maximum absolute atomic E-state index is 7.20. The zero-order chi connectivity index (χ0) is 8.39. The molecule has 1 atom stereocenters. The Morgan fingerprint density at radius 3 is 2.92 bits per heavy atom. The summed E-state index contributed by atoms with van der Waals surface area (Å²) in [6.45, 7) is 0. The number of rotatable bonds is 1. The fourth-order valence-electron chi connectivity index (χ4n) is 1.47. The third-order valence-electron chi connectivity index (χ3n) is 2.17.